The lowest BCUT2D eigenvalue weighted by Crippen LogP contribution is -2.26. The normalized spacial score (nSPS) is 14.9. The number of hydrogen-bond donors (Lipinski definition) is 1. The standard InChI is InChI=1S/C16H21N3O2/c1-2-5-18-14(11-19-7-6-17-12-19)13-3-4-15-16(10-13)21-9-8-20-15/h3-4,6-7,10,12,14,18H,2,5,8-9,11H2,1H3. The summed E-state index contributed by atoms with van der Waals surface area (Å²) in [4.78, 5) is 4.11. The molecule has 0 fully saturated rings. The molecule has 0 amide bonds. The summed E-state index contributed by atoms with van der Waals surface area (Å²) in [5.74, 6) is 1.68. The lowest BCUT2D eigenvalue weighted by molar-refractivity contribution is 0.171. The van der Waals surface area contributed by atoms with Crippen molar-refractivity contribution in [2.24, 2.45) is 0 Å². The lowest BCUT2D eigenvalue weighted by Gasteiger charge is -2.23. The first-order chi connectivity index (χ1) is 10.4. The molecule has 2 aromatic rings. The Labute approximate surface area is 124 Å². The molecular formula is C16H21N3O2. The van der Waals surface area contributed by atoms with Crippen molar-refractivity contribution >= 4 is 0 Å². The Morgan fingerprint density at radius 1 is 1.29 bits per heavy atom. The van der Waals surface area contributed by atoms with Crippen LogP contribution in [0.5, 0.6) is 11.5 Å². The summed E-state index contributed by atoms with van der Waals surface area (Å²) in [6, 6.07) is 6.42. The summed E-state index contributed by atoms with van der Waals surface area (Å²) in [6.07, 6.45) is 6.74. The zero-order valence-electron chi connectivity index (χ0n) is 12.3. The van der Waals surface area contributed by atoms with Gasteiger partial charge in [0, 0.05) is 18.9 Å². The molecule has 5 nitrogen and oxygen atoms in total. The van der Waals surface area contributed by atoms with Gasteiger partial charge in [-0.15, -0.1) is 0 Å². The number of nitrogens with zero attached hydrogens (tertiary/aromatic N) is 2. The van der Waals surface area contributed by atoms with Crippen molar-refractivity contribution in [1.82, 2.24) is 14.9 Å². The second kappa shape index (κ2) is 6.63. The van der Waals surface area contributed by atoms with E-state index in [-0.39, 0.29) is 6.04 Å². The van der Waals surface area contributed by atoms with Gasteiger partial charge in [0.25, 0.3) is 0 Å². The molecule has 0 bridgehead atoms. The number of aromatic nitrogens is 2. The van der Waals surface area contributed by atoms with E-state index in [1.807, 2.05) is 18.6 Å². The average Bonchev–Trinajstić information content (AvgIpc) is 3.04. The molecule has 1 aromatic heterocycles. The Morgan fingerprint density at radius 3 is 2.90 bits per heavy atom. The first kappa shape index (κ1) is 13.9. The number of fused-ring (bicyclic) bond motifs is 1. The highest BCUT2D eigenvalue weighted by Gasteiger charge is 2.17. The molecule has 0 radical (unpaired) electrons. The molecule has 2 heterocycles. The highest BCUT2D eigenvalue weighted by atomic mass is 16.6. The van der Waals surface area contributed by atoms with E-state index in [4.69, 9.17) is 9.47 Å². The van der Waals surface area contributed by atoms with E-state index in [0.717, 1.165) is 31.0 Å². The number of ether oxygens (including phenoxy) is 2. The third kappa shape index (κ3) is 3.36. The highest BCUT2D eigenvalue weighted by molar-refractivity contribution is 5.44. The highest BCUT2D eigenvalue weighted by Crippen LogP contribution is 2.33. The van der Waals surface area contributed by atoms with Crippen LogP contribution < -0.4 is 14.8 Å². The maximum atomic E-state index is 5.68. The number of benzene rings is 1. The van der Waals surface area contributed by atoms with Gasteiger partial charge >= 0.3 is 0 Å². The quantitative estimate of drug-likeness (QED) is 0.886. The molecule has 5 heteroatoms. The molecule has 21 heavy (non-hydrogen) atoms. The lowest BCUT2D eigenvalue weighted by atomic mass is 10.1. The van der Waals surface area contributed by atoms with Crippen molar-refractivity contribution < 1.29 is 9.47 Å². The average molecular weight is 287 g/mol. The van der Waals surface area contributed by atoms with Gasteiger partial charge in [-0.05, 0) is 30.7 Å². The van der Waals surface area contributed by atoms with Crippen LogP contribution in [0.4, 0.5) is 0 Å². The predicted molar refractivity (Wildman–Crippen MR) is 80.7 cm³/mol. The van der Waals surface area contributed by atoms with Crippen molar-refractivity contribution in [2.75, 3.05) is 19.8 Å². The van der Waals surface area contributed by atoms with Crippen LogP contribution in [-0.2, 0) is 6.54 Å². The molecule has 1 aromatic carbocycles. The summed E-state index contributed by atoms with van der Waals surface area (Å²) >= 11 is 0. The largest absolute Gasteiger partial charge is 0.486 e. The number of hydrogen-bond acceptors (Lipinski definition) is 4. The maximum absolute atomic E-state index is 5.68. The van der Waals surface area contributed by atoms with Crippen molar-refractivity contribution in [3.63, 3.8) is 0 Å². The van der Waals surface area contributed by atoms with E-state index in [0.29, 0.717) is 13.2 Å². The SMILES string of the molecule is CCCNC(Cn1ccnc1)c1ccc2c(c1)OCCO2. The van der Waals surface area contributed by atoms with Crippen LogP contribution in [0, 0.1) is 0 Å². The Morgan fingerprint density at radius 2 is 2.14 bits per heavy atom. The van der Waals surface area contributed by atoms with Crippen LogP contribution in [0.15, 0.2) is 36.9 Å². The van der Waals surface area contributed by atoms with Crippen LogP contribution in [0.3, 0.4) is 0 Å². The predicted octanol–water partition coefficient (Wildman–Crippen LogP) is 2.40. The topological polar surface area (TPSA) is 48.3 Å². The molecule has 3 rings (SSSR count). The van der Waals surface area contributed by atoms with Gasteiger partial charge in [-0.25, -0.2) is 4.98 Å². The molecule has 1 atom stereocenters. The van der Waals surface area contributed by atoms with Crippen molar-refractivity contribution in [1.29, 1.82) is 0 Å². The minimum atomic E-state index is 0.231. The Bertz CT molecular complexity index is 569. The van der Waals surface area contributed by atoms with Gasteiger partial charge in [-0.1, -0.05) is 13.0 Å². The number of imidazole rings is 1. The monoisotopic (exact) mass is 287 g/mol. The second-order valence-electron chi connectivity index (χ2n) is 5.17. The van der Waals surface area contributed by atoms with Gasteiger partial charge < -0.3 is 19.4 Å². The van der Waals surface area contributed by atoms with Crippen LogP contribution >= 0.6 is 0 Å². The third-order valence-corrected chi connectivity index (χ3v) is 3.56. The van der Waals surface area contributed by atoms with E-state index >= 15 is 0 Å². The third-order valence-electron chi connectivity index (χ3n) is 3.56. The molecule has 0 spiro atoms. The fraction of sp³-hybridized carbons (Fsp3) is 0.438. The second-order valence-corrected chi connectivity index (χ2v) is 5.17. The van der Waals surface area contributed by atoms with E-state index in [1.165, 1.54) is 5.56 Å². The van der Waals surface area contributed by atoms with E-state index in [2.05, 4.69) is 33.9 Å². The van der Waals surface area contributed by atoms with Crippen LogP contribution in [0.2, 0.25) is 0 Å². The van der Waals surface area contributed by atoms with Gasteiger partial charge in [0.15, 0.2) is 11.5 Å². The molecule has 112 valence electrons. The smallest absolute Gasteiger partial charge is 0.161 e. The molecule has 1 aliphatic heterocycles. The minimum Gasteiger partial charge on any atom is -0.486 e. The first-order valence-electron chi connectivity index (χ1n) is 7.45. The van der Waals surface area contributed by atoms with Crippen molar-refractivity contribution in [3.05, 3.63) is 42.5 Å². The molecule has 1 aliphatic rings. The number of nitrogens with one attached hydrogen (secondary N) is 1. The summed E-state index contributed by atoms with van der Waals surface area (Å²) in [5, 5.41) is 3.59. The summed E-state index contributed by atoms with van der Waals surface area (Å²) < 4.78 is 13.4. The van der Waals surface area contributed by atoms with Crippen molar-refractivity contribution in [2.45, 2.75) is 25.9 Å². The molecule has 0 saturated heterocycles. The summed E-state index contributed by atoms with van der Waals surface area (Å²) in [5.41, 5.74) is 1.21. The Kier molecular flexibility index (Phi) is 4.40. The molecular weight excluding hydrogens is 266 g/mol. The first-order valence-corrected chi connectivity index (χ1v) is 7.45. The maximum Gasteiger partial charge on any atom is 0.161 e. The molecule has 1 unspecified atom stereocenters. The van der Waals surface area contributed by atoms with Crippen molar-refractivity contribution in [3.8, 4) is 11.5 Å². The Balaban J connectivity index is 1.81. The molecule has 0 aliphatic carbocycles. The van der Waals surface area contributed by atoms with Crippen LogP contribution in [0.25, 0.3) is 0 Å². The fourth-order valence-electron chi connectivity index (χ4n) is 2.49. The van der Waals surface area contributed by atoms with E-state index < -0.39 is 0 Å². The molecule has 1 N–H and O–H groups in total. The minimum absolute atomic E-state index is 0.231. The van der Waals surface area contributed by atoms with Gasteiger partial charge in [0.2, 0.25) is 0 Å². The van der Waals surface area contributed by atoms with E-state index in [1.54, 1.807) is 6.20 Å². The van der Waals surface area contributed by atoms with E-state index in [9.17, 15) is 0 Å². The number of rotatable bonds is 6. The zero-order chi connectivity index (χ0) is 14.5. The zero-order valence-corrected chi connectivity index (χ0v) is 12.3. The Hall–Kier alpha value is -2.01. The van der Waals surface area contributed by atoms with Gasteiger partial charge in [-0.2, -0.15) is 0 Å². The fourth-order valence-corrected chi connectivity index (χ4v) is 2.49. The van der Waals surface area contributed by atoms with Gasteiger partial charge in [0.1, 0.15) is 13.2 Å². The molecule has 0 saturated carbocycles. The van der Waals surface area contributed by atoms with Gasteiger partial charge in [-0.3, -0.25) is 0 Å². The van der Waals surface area contributed by atoms with Gasteiger partial charge in [0.05, 0.1) is 12.4 Å². The summed E-state index contributed by atoms with van der Waals surface area (Å²) in [7, 11) is 0. The summed E-state index contributed by atoms with van der Waals surface area (Å²) in [6.45, 7) is 5.24. The van der Waals surface area contributed by atoms with Crippen LogP contribution in [-0.4, -0.2) is 29.3 Å². The van der Waals surface area contributed by atoms with Crippen LogP contribution in [0.1, 0.15) is 24.9 Å².